The lowest BCUT2D eigenvalue weighted by Gasteiger charge is -2.07. The Morgan fingerprint density at radius 3 is 2.32 bits per heavy atom. The van der Waals surface area contributed by atoms with Crippen molar-refractivity contribution >= 4 is 39.7 Å². The summed E-state index contributed by atoms with van der Waals surface area (Å²) < 4.78 is 12.2. The van der Waals surface area contributed by atoms with Gasteiger partial charge in [0.25, 0.3) is 0 Å². The van der Waals surface area contributed by atoms with E-state index in [1.165, 1.54) is 0 Å². The zero-order valence-electron chi connectivity index (χ0n) is 10.1. The largest absolute Gasteiger partial charge is 0.399 e. The van der Waals surface area contributed by atoms with Crippen molar-refractivity contribution in [3.8, 4) is 0 Å². The van der Waals surface area contributed by atoms with Gasteiger partial charge in [-0.15, -0.1) is 0 Å². The van der Waals surface area contributed by atoms with Crippen LogP contribution in [0.4, 0.5) is 5.69 Å². The van der Waals surface area contributed by atoms with E-state index in [4.69, 9.17) is 28.9 Å². The third kappa shape index (κ3) is 3.96. The molecule has 0 spiro atoms. The van der Waals surface area contributed by atoms with Gasteiger partial charge in [0.05, 0.1) is 11.5 Å². The van der Waals surface area contributed by atoms with Crippen molar-refractivity contribution in [2.45, 2.75) is 11.5 Å². The molecule has 19 heavy (non-hydrogen) atoms. The number of hydrogen-bond donors (Lipinski definition) is 1. The van der Waals surface area contributed by atoms with Crippen LogP contribution in [0.2, 0.25) is 10.0 Å². The van der Waals surface area contributed by atoms with Gasteiger partial charge in [0.1, 0.15) is 0 Å². The summed E-state index contributed by atoms with van der Waals surface area (Å²) in [5.74, 6) is 0.778. The molecular formula is C14H13Cl2NOS. The van der Waals surface area contributed by atoms with Crippen molar-refractivity contribution in [2.75, 3.05) is 5.73 Å². The maximum absolute atomic E-state index is 12.2. The maximum Gasteiger partial charge on any atom is 0.0504 e. The Labute approximate surface area is 125 Å². The van der Waals surface area contributed by atoms with Gasteiger partial charge in [0.15, 0.2) is 0 Å². The minimum absolute atomic E-state index is 0.370. The molecule has 2 nitrogen and oxygen atoms in total. The molecule has 0 aliphatic rings. The second kappa shape index (κ2) is 6.42. The summed E-state index contributed by atoms with van der Waals surface area (Å²) in [6.45, 7) is 0. The maximum atomic E-state index is 12.2. The normalized spacial score (nSPS) is 12.3. The molecule has 0 bridgehead atoms. The van der Waals surface area contributed by atoms with Gasteiger partial charge in [-0.25, -0.2) is 0 Å². The second-order valence-corrected chi connectivity index (χ2v) is 6.44. The van der Waals surface area contributed by atoms with Gasteiger partial charge in [-0.2, -0.15) is 0 Å². The molecule has 1 atom stereocenters. The Kier molecular flexibility index (Phi) is 4.86. The molecular weight excluding hydrogens is 301 g/mol. The van der Waals surface area contributed by atoms with Crippen LogP contribution in [-0.2, 0) is 22.3 Å². The SMILES string of the molecule is Nc1ccc(Cl)c(CS(=O)Cc2ccccc2Cl)c1. The van der Waals surface area contributed by atoms with Crippen molar-refractivity contribution in [1.82, 2.24) is 0 Å². The van der Waals surface area contributed by atoms with E-state index in [9.17, 15) is 4.21 Å². The predicted octanol–water partition coefficient (Wildman–Crippen LogP) is 4.02. The molecule has 2 aromatic rings. The van der Waals surface area contributed by atoms with Crippen LogP contribution in [0.5, 0.6) is 0 Å². The number of benzene rings is 2. The lowest BCUT2D eigenvalue weighted by atomic mass is 10.2. The highest BCUT2D eigenvalue weighted by atomic mass is 35.5. The standard InChI is InChI=1S/C14H13Cl2NOS/c15-13-4-2-1-3-10(13)8-19(18)9-11-7-12(17)5-6-14(11)16/h1-7H,8-9,17H2. The fraction of sp³-hybridized carbons (Fsp3) is 0.143. The van der Waals surface area contributed by atoms with E-state index >= 15 is 0 Å². The summed E-state index contributed by atoms with van der Waals surface area (Å²) in [4.78, 5) is 0. The number of rotatable bonds is 4. The van der Waals surface area contributed by atoms with Crippen LogP contribution in [-0.4, -0.2) is 4.21 Å². The molecule has 2 N–H and O–H groups in total. The van der Waals surface area contributed by atoms with Crippen LogP contribution >= 0.6 is 23.2 Å². The van der Waals surface area contributed by atoms with E-state index in [0.29, 0.717) is 27.2 Å². The molecule has 0 radical (unpaired) electrons. The summed E-state index contributed by atoms with van der Waals surface area (Å²) in [7, 11) is -1.08. The third-order valence-corrected chi connectivity index (χ3v) is 4.66. The Morgan fingerprint density at radius 1 is 0.947 bits per heavy atom. The topological polar surface area (TPSA) is 43.1 Å². The molecule has 1 unspecified atom stereocenters. The average Bonchev–Trinajstić information content (AvgIpc) is 2.37. The minimum atomic E-state index is -1.08. The number of nitrogens with two attached hydrogens (primary N) is 1. The average molecular weight is 314 g/mol. The minimum Gasteiger partial charge on any atom is -0.399 e. The predicted molar refractivity (Wildman–Crippen MR) is 82.9 cm³/mol. The first-order valence-corrected chi connectivity index (χ1v) is 7.93. The highest BCUT2D eigenvalue weighted by molar-refractivity contribution is 7.83. The molecule has 2 aromatic carbocycles. The van der Waals surface area contributed by atoms with Gasteiger partial charge in [-0.1, -0.05) is 41.4 Å². The Bertz CT molecular complexity index is 616. The Balaban J connectivity index is 2.10. The smallest absolute Gasteiger partial charge is 0.0504 e. The monoisotopic (exact) mass is 313 g/mol. The van der Waals surface area contributed by atoms with Gasteiger partial charge in [-0.3, -0.25) is 4.21 Å². The van der Waals surface area contributed by atoms with E-state index in [1.807, 2.05) is 18.2 Å². The summed E-state index contributed by atoms with van der Waals surface area (Å²) in [6, 6.07) is 12.6. The number of halogens is 2. The second-order valence-electron chi connectivity index (χ2n) is 4.17. The van der Waals surface area contributed by atoms with Gasteiger partial charge >= 0.3 is 0 Å². The summed E-state index contributed by atoms with van der Waals surface area (Å²) >= 11 is 12.1. The first-order valence-electron chi connectivity index (χ1n) is 5.68. The van der Waals surface area contributed by atoms with E-state index in [-0.39, 0.29) is 0 Å². The van der Waals surface area contributed by atoms with Crippen LogP contribution in [0.15, 0.2) is 42.5 Å². The third-order valence-electron chi connectivity index (χ3n) is 2.66. The van der Waals surface area contributed by atoms with Crippen LogP contribution in [0.25, 0.3) is 0 Å². The summed E-state index contributed by atoms with van der Waals surface area (Å²) in [6.07, 6.45) is 0. The Hall–Kier alpha value is -1.03. The molecule has 0 amide bonds. The fourth-order valence-corrected chi connectivity index (χ4v) is 3.55. The number of hydrogen-bond acceptors (Lipinski definition) is 2. The van der Waals surface area contributed by atoms with Crippen molar-refractivity contribution in [1.29, 1.82) is 0 Å². The quantitative estimate of drug-likeness (QED) is 0.866. The molecule has 0 heterocycles. The van der Waals surface area contributed by atoms with Crippen molar-refractivity contribution in [3.63, 3.8) is 0 Å². The van der Waals surface area contributed by atoms with Gasteiger partial charge in [0, 0.05) is 26.5 Å². The number of nitrogen functional groups attached to an aromatic ring is 1. The highest BCUT2D eigenvalue weighted by Gasteiger charge is 2.09. The first-order chi connectivity index (χ1) is 9.06. The van der Waals surface area contributed by atoms with Crippen LogP contribution in [0.3, 0.4) is 0 Å². The highest BCUT2D eigenvalue weighted by Crippen LogP contribution is 2.22. The first kappa shape index (κ1) is 14.4. The molecule has 0 aromatic heterocycles. The summed E-state index contributed by atoms with van der Waals surface area (Å²) in [5.41, 5.74) is 8.00. The van der Waals surface area contributed by atoms with Gasteiger partial charge in [0.2, 0.25) is 0 Å². The van der Waals surface area contributed by atoms with Crippen LogP contribution < -0.4 is 5.73 Å². The Morgan fingerprint density at radius 2 is 1.58 bits per heavy atom. The van der Waals surface area contributed by atoms with E-state index < -0.39 is 10.8 Å². The number of anilines is 1. The van der Waals surface area contributed by atoms with Crippen molar-refractivity contribution < 1.29 is 4.21 Å². The van der Waals surface area contributed by atoms with Crippen LogP contribution in [0.1, 0.15) is 11.1 Å². The van der Waals surface area contributed by atoms with E-state index in [0.717, 1.165) is 11.1 Å². The molecule has 0 aliphatic carbocycles. The van der Waals surface area contributed by atoms with Crippen molar-refractivity contribution in [3.05, 3.63) is 63.6 Å². The molecule has 100 valence electrons. The lowest BCUT2D eigenvalue weighted by Crippen LogP contribution is -2.01. The van der Waals surface area contributed by atoms with E-state index in [2.05, 4.69) is 0 Å². The van der Waals surface area contributed by atoms with E-state index in [1.54, 1.807) is 24.3 Å². The van der Waals surface area contributed by atoms with Gasteiger partial charge in [-0.05, 0) is 35.4 Å². The molecule has 0 fully saturated rings. The molecule has 0 aliphatic heterocycles. The fourth-order valence-electron chi connectivity index (χ4n) is 1.72. The molecule has 2 rings (SSSR count). The summed E-state index contributed by atoms with van der Waals surface area (Å²) in [5, 5.41) is 1.22. The van der Waals surface area contributed by atoms with Crippen molar-refractivity contribution in [2.24, 2.45) is 0 Å². The lowest BCUT2D eigenvalue weighted by molar-refractivity contribution is 0.682. The van der Waals surface area contributed by atoms with Gasteiger partial charge < -0.3 is 5.73 Å². The van der Waals surface area contributed by atoms with Crippen LogP contribution in [0, 0.1) is 0 Å². The zero-order chi connectivity index (χ0) is 13.8. The zero-order valence-corrected chi connectivity index (χ0v) is 12.4. The molecule has 5 heteroatoms. The molecule has 0 saturated heterocycles. The molecule has 0 saturated carbocycles.